The first-order valence-corrected chi connectivity index (χ1v) is 15.2. The van der Waals surface area contributed by atoms with Crippen molar-refractivity contribution in [3.63, 3.8) is 0 Å². The van der Waals surface area contributed by atoms with Crippen LogP contribution in [0.2, 0.25) is 0 Å². The van der Waals surface area contributed by atoms with Crippen LogP contribution in [0, 0.1) is 0 Å². The molecule has 0 unspecified atom stereocenters. The van der Waals surface area contributed by atoms with Crippen LogP contribution in [0.25, 0.3) is 0 Å². The average molecular weight is 607 g/mol. The highest BCUT2D eigenvalue weighted by Crippen LogP contribution is 2.36. The van der Waals surface area contributed by atoms with Gasteiger partial charge in [0.25, 0.3) is 0 Å². The molecule has 0 bridgehead atoms. The molecule has 210 valence electrons. The summed E-state index contributed by atoms with van der Waals surface area (Å²) >= 11 is 0. The molecule has 2 N–H and O–H groups in total. The van der Waals surface area contributed by atoms with Gasteiger partial charge in [0.1, 0.15) is 0 Å². The number of benzene rings is 3. The number of alkyl halides is 3. The summed E-state index contributed by atoms with van der Waals surface area (Å²) < 4.78 is 121. The summed E-state index contributed by atoms with van der Waals surface area (Å²) in [5.74, 6) is -1.38. The third kappa shape index (κ3) is 6.65. The van der Waals surface area contributed by atoms with Gasteiger partial charge in [-0.25, -0.2) is 34.8 Å². The van der Waals surface area contributed by atoms with Crippen molar-refractivity contribution in [2.45, 2.75) is 25.8 Å². The zero-order valence-electron chi connectivity index (χ0n) is 20.0. The Labute approximate surface area is 222 Å². The van der Waals surface area contributed by atoms with E-state index < -0.39 is 75.4 Å². The van der Waals surface area contributed by atoms with Gasteiger partial charge in [0, 0.05) is 20.1 Å². The van der Waals surface area contributed by atoms with Crippen LogP contribution in [0.15, 0.2) is 92.4 Å². The van der Waals surface area contributed by atoms with Crippen molar-refractivity contribution in [3.8, 4) is 0 Å². The maximum atomic E-state index is 13.6. The molecule has 0 aromatic heterocycles. The van der Waals surface area contributed by atoms with Crippen LogP contribution in [0.5, 0.6) is 0 Å². The molecule has 0 saturated heterocycles. The van der Waals surface area contributed by atoms with Crippen molar-refractivity contribution >= 4 is 35.9 Å². The number of hydrogen-bond donors (Lipinski definition) is 2. The summed E-state index contributed by atoms with van der Waals surface area (Å²) in [6.07, 6.45) is -5.16. The van der Waals surface area contributed by atoms with Gasteiger partial charge in [-0.05, 0) is 48.5 Å². The maximum absolute atomic E-state index is 13.6. The summed E-state index contributed by atoms with van der Waals surface area (Å²) in [6.45, 7) is -1.24. The van der Waals surface area contributed by atoms with E-state index in [-0.39, 0.29) is 10.5 Å². The molecule has 3 aromatic carbocycles. The smallest absolute Gasteiger partial charge is 0.417 e. The molecule has 0 amide bonds. The fourth-order valence-electron chi connectivity index (χ4n) is 3.37. The van der Waals surface area contributed by atoms with E-state index in [0.717, 1.165) is 19.2 Å². The topological polar surface area (TPSA) is 155 Å². The van der Waals surface area contributed by atoms with E-state index >= 15 is 0 Å². The quantitative estimate of drug-likeness (QED) is 0.357. The maximum Gasteiger partial charge on any atom is 0.417 e. The Bertz CT molecular complexity index is 1710. The molecule has 16 heteroatoms. The van der Waals surface area contributed by atoms with Crippen molar-refractivity contribution in [2.75, 3.05) is 20.1 Å². The van der Waals surface area contributed by atoms with E-state index in [2.05, 4.69) is 0 Å². The van der Waals surface area contributed by atoms with E-state index in [1.54, 1.807) is 0 Å². The van der Waals surface area contributed by atoms with E-state index in [9.17, 15) is 43.2 Å². The standard InChI is InChI=1S/C23H21F3N2O8S3/c1-28(39(35,36)19-9-5-6-16(14-19)22(29)30)13-12-27-38(33,34)21-15-18(10-11-20(21)23(24,25)26)37(31,32)17-7-3-2-4-8-17/h2-11,14-15,27H,12-13H2,1H3,(H,29,30). The number of nitrogens with zero attached hydrogens (tertiary/aromatic N) is 1. The highest BCUT2D eigenvalue weighted by molar-refractivity contribution is 7.91. The first kappa shape index (κ1) is 30.2. The molecular formula is C23H21F3N2O8S3. The number of hydrogen-bond acceptors (Lipinski definition) is 7. The van der Waals surface area contributed by atoms with E-state index in [1.165, 1.54) is 42.5 Å². The molecule has 0 radical (unpaired) electrons. The molecular weight excluding hydrogens is 585 g/mol. The minimum atomic E-state index is -5.16. The normalized spacial score (nSPS) is 12.9. The SMILES string of the molecule is CN(CCNS(=O)(=O)c1cc(S(=O)(=O)c2ccccc2)ccc1C(F)(F)F)S(=O)(=O)c1cccc(C(=O)O)c1. The predicted octanol–water partition coefficient (Wildman–Crippen LogP) is 2.84. The zero-order valence-corrected chi connectivity index (χ0v) is 22.4. The number of carboxylic acids is 1. The molecule has 0 fully saturated rings. The average Bonchev–Trinajstić information content (AvgIpc) is 2.88. The number of nitrogens with one attached hydrogen (secondary N) is 1. The zero-order chi connectivity index (χ0) is 29.2. The van der Waals surface area contributed by atoms with Gasteiger partial charge in [-0.1, -0.05) is 24.3 Å². The van der Waals surface area contributed by atoms with Gasteiger partial charge in [0.15, 0.2) is 0 Å². The molecule has 0 aliphatic heterocycles. The van der Waals surface area contributed by atoms with Crippen LogP contribution in [0.4, 0.5) is 13.2 Å². The molecule has 0 atom stereocenters. The minimum absolute atomic E-state index is 0.264. The first-order chi connectivity index (χ1) is 18.0. The fraction of sp³-hybridized carbons (Fsp3) is 0.174. The number of sulfonamides is 2. The van der Waals surface area contributed by atoms with Crippen molar-refractivity contribution in [3.05, 3.63) is 83.9 Å². The molecule has 39 heavy (non-hydrogen) atoms. The summed E-state index contributed by atoms with van der Waals surface area (Å²) in [6, 6.07) is 12.5. The third-order valence-corrected chi connectivity index (χ3v) is 10.5. The second kappa shape index (κ2) is 11.1. The number of aromatic carboxylic acids is 1. The van der Waals surface area contributed by atoms with Crippen LogP contribution in [-0.2, 0) is 36.1 Å². The first-order valence-electron chi connectivity index (χ1n) is 10.8. The second-order valence-electron chi connectivity index (χ2n) is 8.03. The van der Waals surface area contributed by atoms with Crippen LogP contribution in [0.1, 0.15) is 15.9 Å². The number of likely N-dealkylation sites (N-methyl/N-ethyl adjacent to an activating group) is 1. The predicted molar refractivity (Wildman–Crippen MR) is 132 cm³/mol. The lowest BCUT2D eigenvalue weighted by atomic mass is 10.2. The number of rotatable bonds is 10. The molecule has 3 aromatic rings. The van der Waals surface area contributed by atoms with Crippen molar-refractivity contribution in [1.82, 2.24) is 9.03 Å². The van der Waals surface area contributed by atoms with Crippen LogP contribution < -0.4 is 4.72 Å². The second-order valence-corrected chi connectivity index (χ2v) is 13.8. The molecule has 0 aliphatic carbocycles. The highest BCUT2D eigenvalue weighted by atomic mass is 32.2. The lowest BCUT2D eigenvalue weighted by Crippen LogP contribution is -2.36. The molecule has 10 nitrogen and oxygen atoms in total. The number of halogens is 3. The monoisotopic (exact) mass is 606 g/mol. The lowest BCUT2D eigenvalue weighted by Gasteiger charge is -2.19. The highest BCUT2D eigenvalue weighted by Gasteiger charge is 2.38. The van der Waals surface area contributed by atoms with Crippen LogP contribution in [0.3, 0.4) is 0 Å². The molecule has 0 saturated carbocycles. The summed E-state index contributed by atoms with van der Waals surface area (Å²) in [5, 5.41) is 9.06. The van der Waals surface area contributed by atoms with E-state index in [0.29, 0.717) is 22.5 Å². The molecule has 0 spiro atoms. The largest absolute Gasteiger partial charge is 0.478 e. The molecule has 0 heterocycles. The van der Waals surface area contributed by atoms with E-state index in [4.69, 9.17) is 5.11 Å². The Morgan fingerprint density at radius 1 is 0.846 bits per heavy atom. The van der Waals surface area contributed by atoms with Gasteiger partial charge in [-0.3, -0.25) is 0 Å². The third-order valence-electron chi connectivity index (χ3n) is 5.42. The van der Waals surface area contributed by atoms with Crippen LogP contribution >= 0.6 is 0 Å². The summed E-state index contributed by atoms with van der Waals surface area (Å²) in [4.78, 5) is 8.42. The van der Waals surface area contributed by atoms with Gasteiger partial charge in [0.05, 0.1) is 30.7 Å². The Balaban J connectivity index is 1.89. The lowest BCUT2D eigenvalue weighted by molar-refractivity contribution is -0.139. The number of carboxylic acid groups (broad SMARTS) is 1. The molecule has 0 aliphatic rings. The van der Waals surface area contributed by atoms with Crippen molar-refractivity contribution in [2.24, 2.45) is 0 Å². The van der Waals surface area contributed by atoms with Gasteiger partial charge in [-0.2, -0.15) is 17.5 Å². The van der Waals surface area contributed by atoms with Gasteiger partial charge in [0.2, 0.25) is 29.9 Å². The van der Waals surface area contributed by atoms with Gasteiger partial charge < -0.3 is 5.11 Å². The van der Waals surface area contributed by atoms with Gasteiger partial charge >= 0.3 is 12.1 Å². The van der Waals surface area contributed by atoms with Gasteiger partial charge in [-0.15, -0.1) is 0 Å². The summed E-state index contributed by atoms with van der Waals surface area (Å²) in [7, 11) is -12.6. The van der Waals surface area contributed by atoms with E-state index in [1.807, 2.05) is 4.72 Å². The van der Waals surface area contributed by atoms with Crippen LogP contribution in [-0.4, -0.2) is 60.8 Å². The van der Waals surface area contributed by atoms with Crippen molar-refractivity contribution in [1.29, 1.82) is 0 Å². The fourth-order valence-corrected chi connectivity index (χ4v) is 7.24. The Morgan fingerprint density at radius 2 is 1.46 bits per heavy atom. The number of sulfone groups is 1. The minimum Gasteiger partial charge on any atom is -0.478 e. The Morgan fingerprint density at radius 3 is 2.05 bits per heavy atom. The Hall–Kier alpha value is -3.31. The molecule has 3 rings (SSSR count). The Kier molecular flexibility index (Phi) is 8.57. The number of carbonyl (C=O) groups is 1. The van der Waals surface area contributed by atoms with Crippen molar-refractivity contribution < 1.29 is 48.3 Å². The summed E-state index contributed by atoms with van der Waals surface area (Å²) in [5.41, 5.74) is -1.93.